The third-order valence-electron chi connectivity index (χ3n) is 5.17. The lowest BCUT2D eigenvalue weighted by Gasteiger charge is -2.18. The fourth-order valence-electron chi connectivity index (χ4n) is 3.48. The van der Waals surface area contributed by atoms with E-state index in [4.69, 9.17) is 21.7 Å². The normalized spacial score (nSPS) is 13.0. The molecule has 0 radical (unpaired) electrons. The number of carbonyl (C=O) groups excluding carboxylic acids is 3. The number of esters is 1. The van der Waals surface area contributed by atoms with E-state index in [1.807, 2.05) is 18.4 Å². The second-order valence-corrected chi connectivity index (χ2v) is 8.96. The van der Waals surface area contributed by atoms with Crippen LogP contribution in [0.2, 0.25) is 0 Å². The summed E-state index contributed by atoms with van der Waals surface area (Å²) in [4.78, 5) is 37.6. The summed E-state index contributed by atoms with van der Waals surface area (Å²) in [6, 6.07) is 11.9. The minimum absolute atomic E-state index is 0.0906. The standard InChI is InChI=1S/C24H26N2O5S2/c1-30-24(29)19(9-10-33-2)26-22(32)13-25-21(27)12-15-7-8-17-16(11-15)14-31-20-6-4-3-5-18(20)23(17)28/h3-8,11,19H,9-10,12-14H2,1-2H3,(H,25,27)(H,26,32)/t19-/m0/s1. The van der Waals surface area contributed by atoms with Gasteiger partial charge < -0.3 is 20.1 Å². The first-order chi connectivity index (χ1) is 15.9. The van der Waals surface area contributed by atoms with Crippen LogP contribution in [0.5, 0.6) is 5.75 Å². The van der Waals surface area contributed by atoms with E-state index in [2.05, 4.69) is 10.6 Å². The molecule has 0 saturated carbocycles. The van der Waals surface area contributed by atoms with E-state index in [1.54, 1.807) is 42.1 Å². The van der Waals surface area contributed by atoms with Crippen molar-refractivity contribution in [3.05, 3.63) is 64.7 Å². The van der Waals surface area contributed by atoms with Gasteiger partial charge >= 0.3 is 5.97 Å². The SMILES string of the molecule is COC(=O)[C@H](CCSC)NC(=S)CNC(=O)Cc1ccc2c(c1)COc1ccccc1C2=O. The van der Waals surface area contributed by atoms with Gasteiger partial charge in [0, 0.05) is 11.1 Å². The second kappa shape index (κ2) is 11.8. The Morgan fingerprint density at radius 3 is 2.76 bits per heavy atom. The van der Waals surface area contributed by atoms with Crippen molar-refractivity contribution in [1.29, 1.82) is 0 Å². The van der Waals surface area contributed by atoms with Crippen LogP contribution in [0.25, 0.3) is 0 Å². The second-order valence-electron chi connectivity index (χ2n) is 7.48. The minimum atomic E-state index is -0.543. The number of methoxy groups -OCH3 is 1. The molecule has 174 valence electrons. The molecule has 0 fully saturated rings. The Morgan fingerprint density at radius 2 is 2.00 bits per heavy atom. The summed E-state index contributed by atoms with van der Waals surface area (Å²) in [6.45, 7) is 0.370. The van der Waals surface area contributed by atoms with Gasteiger partial charge in [0.05, 0.1) is 30.6 Å². The van der Waals surface area contributed by atoms with E-state index in [0.29, 0.717) is 28.3 Å². The highest BCUT2D eigenvalue weighted by Crippen LogP contribution is 2.28. The molecular formula is C24H26N2O5S2. The summed E-state index contributed by atoms with van der Waals surface area (Å²) < 4.78 is 10.6. The topological polar surface area (TPSA) is 93.7 Å². The van der Waals surface area contributed by atoms with Crippen molar-refractivity contribution in [3.63, 3.8) is 0 Å². The number of ether oxygens (including phenoxy) is 2. The van der Waals surface area contributed by atoms with Crippen molar-refractivity contribution in [3.8, 4) is 5.75 Å². The summed E-state index contributed by atoms with van der Waals surface area (Å²) in [5.41, 5.74) is 2.62. The highest BCUT2D eigenvalue weighted by molar-refractivity contribution is 7.98. The van der Waals surface area contributed by atoms with E-state index in [1.165, 1.54) is 7.11 Å². The van der Waals surface area contributed by atoms with Crippen molar-refractivity contribution in [2.45, 2.75) is 25.5 Å². The number of para-hydroxylation sites is 1. The summed E-state index contributed by atoms with van der Waals surface area (Å²) in [6.07, 6.45) is 2.65. The Labute approximate surface area is 202 Å². The number of hydrogen-bond donors (Lipinski definition) is 2. The van der Waals surface area contributed by atoms with Gasteiger partial charge in [-0.3, -0.25) is 9.59 Å². The number of benzene rings is 2. The maximum absolute atomic E-state index is 12.8. The Kier molecular flexibility index (Phi) is 8.85. The van der Waals surface area contributed by atoms with Crippen LogP contribution in [0, 0.1) is 0 Å². The quantitative estimate of drug-likeness (QED) is 0.413. The number of fused-ring (bicyclic) bond motifs is 2. The zero-order valence-corrected chi connectivity index (χ0v) is 20.1. The Bertz CT molecular complexity index is 1060. The molecule has 2 aromatic rings. The first-order valence-electron chi connectivity index (χ1n) is 10.4. The number of thioether (sulfide) groups is 1. The molecule has 0 spiro atoms. The molecule has 2 N–H and O–H groups in total. The average Bonchev–Trinajstić information content (AvgIpc) is 2.96. The third-order valence-corrected chi connectivity index (χ3v) is 6.08. The molecule has 33 heavy (non-hydrogen) atoms. The van der Waals surface area contributed by atoms with Gasteiger partial charge in [-0.1, -0.05) is 42.5 Å². The van der Waals surface area contributed by atoms with Crippen molar-refractivity contribution in [2.75, 3.05) is 25.7 Å². The zero-order chi connectivity index (χ0) is 23.8. The highest BCUT2D eigenvalue weighted by atomic mass is 32.2. The predicted octanol–water partition coefficient (Wildman–Crippen LogP) is 2.68. The molecule has 1 aliphatic rings. The number of ketones is 1. The first kappa shape index (κ1) is 24.7. The number of hydrogen-bond acceptors (Lipinski definition) is 7. The van der Waals surface area contributed by atoms with Crippen molar-refractivity contribution < 1.29 is 23.9 Å². The lowest BCUT2D eigenvalue weighted by Crippen LogP contribution is -2.45. The van der Waals surface area contributed by atoms with E-state index in [-0.39, 0.29) is 37.2 Å². The predicted molar refractivity (Wildman–Crippen MR) is 132 cm³/mol. The van der Waals surface area contributed by atoms with Gasteiger partial charge in [-0.15, -0.1) is 0 Å². The molecule has 0 aromatic heterocycles. The van der Waals surface area contributed by atoms with Crippen molar-refractivity contribution >= 4 is 46.6 Å². The van der Waals surface area contributed by atoms with Gasteiger partial charge in [0.25, 0.3) is 0 Å². The van der Waals surface area contributed by atoms with Gasteiger partial charge in [-0.05, 0) is 36.1 Å². The number of nitrogens with one attached hydrogen (secondary N) is 2. The molecule has 0 unspecified atom stereocenters. The zero-order valence-electron chi connectivity index (χ0n) is 18.5. The first-order valence-corrected chi connectivity index (χ1v) is 12.2. The summed E-state index contributed by atoms with van der Waals surface area (Å²) in [5.74, 6) is 0.634. The Hall–Kier alpha value is -2.91. The van der Waals surface area contributed by atoms with E-state index in [9.17, 15) is 14.4 Å². The maximum Gasteiger partial charge on any atom is 0.328 e. The molecule has 2 aromatic carbocycles. The lowest BCUT2D eigenvalue weighted by atomic mass is 9.96. The largest absolute Gasteiger partial charge is 0.488 e. The third kappa shape index (κ3) is 6.55. The van der Waals surface area contributed by atoms with Crippen LogP contribution in [-0.2, 0) is 27.4 Å². The van der Waals surface area contributed by atoms with Crippen LogP contribution in [0.1, 0.15) is 33.5 Å². The van der Waals surface area contributed by atoms with Gasteiger partial charge in [-0.25, -0.2) is 4.79 Å². The maximum atomic E-state index is 12.8. The van der Waals surface area contributed by atoms with Crippen LogP contribution in [-0.4, -0.2) is 54.4 Å². The smallest absolute Gasteiger partial charge is 0.328 e. The van der Waals surface area contributed by atoms with Crippen molar-refractivity contribution in [2.24, 2.45) is 0 Å². The monoisotopic (exact) mass is 486 g/mol. The van der Waals surface area contributed by atoms with Crippen LogP contribution >= 0.6 is 24.0 Å². The Morgan fingerprint density at radius 1 is 1.21 bits per heavy atom. The molecule has 3 rings (SSSR count). The van der Waals surface area contributed by atoms with Gasteiger partial charge in [-0.2, -0.15) is 11.8 Å². The Balaban J connectivity index is 1.56. The summed E-state index contributed by atoms with van der Waals surface area (Å²) in [7, 11) is 1.33. The summed E-state index contributed by atoms with van der Waals surface area (Å²) in [5, 5.41) is 5.72. The number of carbonyl (C=O) groups is 3. The van der Waals surface area contributed by atoms with E-state index < -0.39 is 6.04 Å². The van der Waals surface area contributed by atoms with Crippen LogP contribution in [0.4, 0.5) is 0 Å². The molecular weight excluding hydrogens is 460 g/mol. The molecule has 0 saturated heterocycles. The molecule has 1 amide bonds. The van der Waals surface area contributed by atoms with Crippen LogP contribution < -0.4 is 15.4 Å². The molecule has 0 aliphatic carbocycles. The fourth-order valence-corrected chi connectivity index (χ4v) is 4.16. The van der Waals surface area contributed by atoms with Crippen molar-refractivity contribution in [1.82, 2.24) is 10.6 Å². The number of rotatable bonds is 9. The van der Waals surface area contributed by atoms with Gasteiger partial charge in [0.1, 0.15) is 18.4 Å². The van der Waals surface area contributed by atoms with Crippen LogP contribution in [0.3, 0.4) is 0 Å². The average molecular weight is 487 g/mol. The molecule has 0 bridgehead atoms. The molecule has 1 atom stereocenters. The highest BCUT2D eigenvalue weighted by Gasteiger charge is 2.23. The number of amides is 1. The minimum Gasteiger partial charge on any atom is -0.488 e. The molecule has 9 heteroatoms. The molecule has 1 aliphatic heterocycles. The molecule has 1 heterocycles. The number of thiocarbonyl (C=S) groups is 1. The van der Waals surface area contributed by atoms with Gasteiger partial charge in [0.2, 0.25) is 5.91 Å². The van der Waals surface area contributed by atoms with Crippen LogP contribution in [0.15, 0.2) is 42.5 Å². The van der Waals surface area contributed by atoms with E-state index >= 15 is 0 Å². The fraction of sp³-hybridized carbons (Fsp3) is 0.333. The summed E-state index contributed by atoms with van der Waals surface area (Å²) >= 11 is 6.90. The van der Waals surface area contributed by atoms with E-state index in [0.717, 1.165) is 16.9 Å². The lowest BCUT2D eigenvalue weighted by molar-refractivity contribution is -0.142. The molecule has 7 nitrogen and oxygen atoms in total. The van der Waals surface area contributed by atoms with Gasteiger partial charge in [0.15, 0.2) is 5.78 Å².